The molecular formula is C16H26O5. The molecule has 0 aromatic carbocycles. The summed E-state index contributed by atoms with van der Waals surface area (Å²) in [6.45, 7) is 5.34. The first-order valence-electron chi connectivity index (χ1n) is 7.89. The zero-order valence-corrected chi connectivity index (χ0v) is 13.2. The number of carbonyl (C=O) groups is 3. The number of esters is 2. The quantitative estimate of drug-likeness (QED) is 0.533. The molecule has 21 heavy (non-hydrogen) atoms. The molecule has 1 rings (SSSR count). The maximum absolute atomic E-state index is 12.5. The fourth-order valence-corrected chi connectivity index (χ4v) is 2.89. The predicted molar refractivity (Wildman–Crippen MR) is 77.5 cm³/mol. The zero-order chi connectivity index (χ0) is 15.8. The fraction of sp³-hybridized carbons (Fsp3) is 0.812. The van der Waals surface area contributed by atoms with Crippen molar-refractivity contribution in [3.05, 3.63) is 0 Å². The number of ether oxygens (including phenoxy) is 2. The molecule has 0 spiro atoms. The summed E-state index contributed by atoms with van der Waals surface area (Å²) in [6.07, 6.45) is 4.92. The van der Waals surface area contributed by atoms with Crippen LogP contribution in [-0.4, -0.2) is 30.9 Å². The van der Waals surface area contributed by atoms with Gasteiger partial charge in [-0.15, -0.1) is 0 Å². The number of rotatable bonds is 7. The number of ketones is 1. The zero-order valence-electron chi connectivity index (χ0n) is 13.2. The first kappa shape index (κ1) is 17.7. The summed E-state index contributed by atoms with van der Waals surface area (Å²) in [5.41, 5.74) is 0. The van der Waals surface area contributed by atoms with Crippen molar-refractivity contribution in [3.8, 4) is 0 Å². The molecule has 1 saturated carbocycles. The van der Waals surface area contributed by atoms with Crippen molar-refractivity contribution in [3.63, 3.8) is 0 Å². The first-order valence-corrected chi connectivity index (χ1v) is 7.89. The standard InChI is InChI=1S/C16H26O5/c1-4-20-15(18)13(16(19)21-5-2)11(3)14(17)12-9-7-6-8-10-12/h11-13H,4-10H2,1-3H3. The van der Waals surface area contributed by atoms with Gasteiger partial charge in [0.1, 0.15) is 5.78 Å². The number of hydrogen-bond donors (Lipinski definition) is 0. The Balaban J connectivity index is 2.82. The van der Waals surface area contributed by atoms with E-state index in [4.69, 9.17) is 9.47 Å². The fourth-order valence-electron chi connectivity index (χ4n) is 2.89. The normalized spacial score (nSPS) is 17.3. The van der Waals surface area contributed by atoms with Gasteiger partial charge in [0.05, 0.1) is 13.2 Å². The number of Topliss-reactive ketones (excluding diaryl/α,β-unsaturated/α-hetero) is 1. The van der Waals surface area contributed by atoms with Crippen molar-refractivity contribution in [2.75, 3.05) is 13.2 Å². The van der Waals surface area contributed by atoms with Crippen LogP contribution in [0, 0.1) is 17.8 Å². The van der Waals surface area contributed by atoms with Gasteiger partial charge in [-0.3, -0.25) is 14.4 Å². The van der Waals surface area contributed by atoms with Crippen LogP contribution in [0.3, 0.4) is 0 Å². The summed E-state index contributed by atoms with van der Waals surface area (Å²) < 4.78 is 9.88. The van der Waals surface area contributed by atoms with Gasteiger partial charge in [-0.05, 0) is 26.7 Å². The average Bonchev–Trinajstić information content (AvgIpc) is 2.48. The number of hydrogen-bond acceptors (Lipinski definition) is 5. The molecule has 0 aromatic rings. The summed E-state index contributed by atoms with van der Waals surface area (Å²) in [6, 6.07) is 0. The highest BCUT2D eigenvalue weighted by atomic mass is 16.6. The second-order valence-corrected chi connectivity index (χ2v) is 5.51. The van der Waals surface area contributed by atoms with Crippen molar-refractivity contribution in [1.29, 1.82) is 0 Å². The van der Waals surface area contributed by atoms with E-state index in [1.165, 1.54) is 0 Å². The predicted octanol–water partition coefficient (Wildman–Crippen LogP) is 2.51. The van der Waals surface area contributed by atoms with Crippen molar-refractivity contribution in [2.45, 2.75) is 52.9 Å². The summed E-state index contributed by atoms with van der Waals surface area (Å²) >= 11 is 0. The lowest BCUT2D eigenvalue weighted by Gasteiger charge is -2.26. The van der Waals surface area contributed by atoms with E-state index in [0.29, 0.717) is 0 Å². The Morgan fingerprint density at radius 2 is 1.43 bits per heavy atom. The molecule has 0 aliphatic heterocycles. The summed E-state index contributed by atoms with van der Waals surface area (Å²) in [7, 11) is 0. The van der Waals surface area contributed by atoms with Gasteiger partial charge in [0.2, 0.25) is 0 Å². The molecule has 1 aliphatic carbocycles. The van der Waals surface area contributed by atoms with Gasteiger partial charge in [0, 0.05) is 11.8 Å². The van der Waals surface area contributed by atoms with E-state index >= 15 is 0 Å². The Morgan fingerprint density at radius 1 is 0.952 bits per heavy atom. The lowest BCUT2D eigenvalue weighted by molar-refractivity contribution is -0.166. The Hall–Kier alpha value is -1.39. The molecule has 0 saturated heterocycles. The smallest absolute Gasteiger partial charge is 0.321 e. The van der Waals surface area contributed by atoms with Gasteiger partial charge in [0.25, 0.3) is 0 Å². The van der Waals surface area contributed by atoms with Crippen molar-refractivity contribution >= 4 is 17.7 Å². The van der Waals surface area contributed by atoms with E-state index in [2.05, 4.69) is 0 Å². The number of carbonyl (C=O) groups excluding carboxylic acids is 3. The topological polar surface area (TPSA) is 69.7 Å². The molecule has 0 heterocycles. The minimum absolute atomic E-state index is 0.0131. The van der Waals surface area contributed by atoms with Gasteiger partial charge in [-0.1, -0.05) is 26.2 Å². The molecule has 1 atom stereocenters. The van der Waals surface area contributed by atoms with Crippen LogP contribution in [0.5, 0.6) is 0 Å². The summed E-state index contributed by atoms with van der Waals surface area (Å²) in [4.78, 5) is 36.6. The molecule has 1 unspecified atom stereocenters. The van der Waals surface area contributed by atoms with Crippen molar-refractivity contribution in [1.82, 2.24) is 0 Å². The molecule has 120 valence electrons. The third-order valence-corrected chi connectivity index (χ3v) is 4.04. The average molecular weight is 298 g/mol. The van der Waals surface area contributed by atoms with Crippen molar-refractivity contribution in [2.24, 2.45) is 17.8 Å². The van der Waals surface area contributed by atoms with Crippen LogP contribution in [0.25, 0.3) is 0 Å². The van der Waals surface area contributed by atoms with Crippen LogP contribution in [-0.2, 0) is 23.9 Å². The minimum Gasteiger partial charge on any atom is -0.465 e. The molecule has 0 amide bonds. The van der Waals surface area contributed by atoms with Crippen LogP contribution in [0.4, 0.5) is 0 Å². The lowest BCUT2D eigenvalue weighted by atomic mass is 9.78. The van der Waals surface area contributed by atoms with Crippen LogP contribution in [0.1, 0.15) is 52.9 Å². The van der Waals surface area contributed by atoms with Gasteiger partial charge in [0.15, 0.2) is 5.92 Å². The molecule has 0 radical (unpaired) electrons. The second-order valence-electron chi connectivity index (χ2n) is 5.51. The third-order valence-electron chi connectivity index (χ3n) is 4.04. The molecule has 5 nitrogen and oxygen atoms in total. The Kier molecular flexibility index (Phi) is 7.40. The Labute approximate surface area is 126 Å². The highest BCUT2D eigenvalue weighted by Crippen LogP contribution is 2.29. The molecule has 0 bridgehead atoms. The SMILES string of the molecule is CCOC(=O)C(C(=O)OCC)C(C)C(=O)C1CCCCC1. The first-order chi connectivity index (χ1) is 10.0. The van der Waals surface area contributed by atoms with Gasteiger partial charge in [-0.2, -0.15) is 0 Å². The summed E-state index contributed by atoms with van der Waals surface area (Å²) in [5, 5.41) is 0. The van der Waals surface area contributed by atoms with Crippen molar-refractivity contribution < 1.29 is 23.9 Å². The second kappa shape index (κ2) is 8.80. The Morgan fingerprint density at radius 3 is 1.86 bits per heavy atom. The van der Waals surface area contributed by atoms with E-state index in [-0.39, 0.29) is 24.9 Å². The monoisotopic (exact) mass is 298 g/mol. The molecule has 1 aliphatic rings. The molecule has 5 heteroatoms. The summed E-state index contributed by atoms with van der Waals surface area (Å²) in [5.74, 6) is -3.20. The van der Waals surface area contributed by atoms with Crippen LogP contribution in [0.2, 0.25) is 0 Å². The molecule has 0 N–H and O–H groups in total. The highest BCUT2D eigenvalue weighted by molar-refractivity contribution is 6.00. The molecular weight excluding hydrogens is 272 g/mol. The van der Waals surface area contributed by atoms with Gasteiger partial charge < -0.3 is 9.47 Å². The lowest BCUT2D eigenvalue weighted by Crippen LogP contribution is -2.39. The van der Waals surface area contributed by atoms with Gasteiger partial charge >= 0.3 is 11.9 Å². The van der Waals surface area contributed by atoms with E-state index in [9.17, 15) is 14.4 Å². The van der Waals surface area contributed by atoms with Crippen LogP contribution in [0.15, 0.2) is 0 Å². The Bertz CT molecular complexity index is 353. The van der Waals surface area contributed by atoms with Crippen LogP contribution < -0.4 is 0 Å². The van der Waals surface area contributed by atoms with E-state index < -0.39 is 23.8 Å². The minimum atomic E-state index is -1.14. The van der Waals surface area contributed by atoms with E-state index in [1.807, 2.05) is 0 Å². The largest absolute Gasteiger partial charge is 0.465 e. The van der Waals surface area contributed by atoms with Crippen LogP contribution >= 0.6 is 0 Å². The maximum Gasteiger partial charge on any atom is 0.321 e. The molecule has 0 aromatic heterocycles. The maximum atomic E-state index is 12.5. The highest BCUT2D eigenvalue weighted by Gasteiger charge is 2.40. The van der Waals surface area contributed by atoms with E-state index in [0.717, 1.165) is 32.1 Å². The van der Waals surface area contributed by atoms with Gasteiger partial charge in [-0.25, -0.2) is 0 Å². The third kappa shape index (κ3) is 4.83. The molecule has 1 fully saturated rings. The van der Waals surface area contributed by atoms with E-state index in [1.54, 1.807) is 20.8 Å².